The third-order valence-corrected chi connectivity index (χ3v) is 3.45. The minimum absolute atomic E-state index is 0.00885. The van der Waals surface area contributed by atoms with Gasteiger partial charge in [0.25, 0.3) is 0 Å². The van der Waals surface area contributed by atoms with Gasteiger partial charge in [-0.3, -0.25) is 4.79 Å². The molecule has 3 heteroatoms. The number of esters is 1. The molecule has 0 aromatic heterocycles. The number of ether oxygens (including phenoxy) is 2. The summed E-state index contributed by atoms with van der Waals surface area (Å²) in [7, 11) is 0. The Bertz CT molecular complexity index is 269. The highest BCUT2D eigenvalue weighted by Gasteiger charge is 2.51. The average molecular weight is 242 g/mol. The van der Waals surface area contributed by atoms with E-state index in [0.717, 1.165) is 13.0 Å². The van der Waals surface area contributed by atoms with E-state index in [-0.39, 0.29) is 29.5 Å². The highest BCUT2D eigenvalue weighted by molar-refractivity contribution is 5.71. The first-order valence-electron chi connectivity index (χ1n) is 6.57. The maximum absolute atomic E-state index is 11.5. The fraction of sp³-hybridized carbons (Fsp3) is 0.929. The van der Waals surface area contributed by atoms with E-state index in [0.29, 0.717) is 5.92 Å². The van der Waals surface area contributed by atoms with Gasteiger partial charge in [-0.25, -0.2) is 0 Å². The van der Waals surface area contributed by atoms with Crippen molar-refractivity contribution in [3.8, 4) is 0 Å². The summed E-state index contributed by atoms with van der Waals surface area (Å²) in [6.45, 7) is 13.0. The molecule has 17 heavy (non-hydrogen) atoms. The number of carbonyl (C=O) groups is 1. The summed E-state index contributed by atoms with van der Waals surface area (Å²) < 4.78 is 11.3. The molecule has 0 N–H and O–H groups in total. The van der Waals surface area contributed by atoms with Crippen LogP contribution in [-0.4, -0.2) is 24.8 Å². The van der Waals surface area contributed by atoms with Crippen molar-refractivity contribution in [2.75, 3.05) is 6.61 Å². The summed E-state index contributed by atoms with van der Waals surface area (Å²) in [4.78, 5) is 11.5. The van der Waals surface area contributed by atoms with Gasteiger partial charge in [-0.2, -0.15) is 0 Å². The van der Waals surface area contributed by atoms with Gasteiger partial charge < -0.3 is 9.47 Å². The molecule has 1 fully saturated rings. The van der Waals surface area contributed by atoms with Gasteiger partial charge in [0.2, 0.25) is 0 Å². The molecule has 100 valence electrons. The molecule has 0 aromatic carbocycles. The molecule has 2 unspecified atom stereocenters. The van der Waals surface area contributed by atoms with E-state index < -0.39 is 0 Å². The second kappa shape index (κ2) is 5.38. The van der Waals surface area contributed by atoms with E-state index >= 15 is 0 Å². The Morgan fingerprint density at radius 3 is 2.24 bits per heavy atom. The standard InChI is InChI=1S/C14H26O3/c1-9(2)8-16-11-7-12(14(11,5)6)17-13(15)10(3)4/h9-12H,7-8H2,1-6H3. The van der Waals surface area contributed by atoms with Crippen LogP contribution in [0.4, 0.5) is 0 Å². The highest BCUT2D eigenvalue weighted by atomic mass is 16.6. The monoisotopic (exact) mass is 242 g/mol. The van der Waals surface area contributed by atoms with E-state index in [1.807, 2.05) is 13.8 Å². The molecule has 1 aliphatic rings. The molecule has 0 radical (unpaired) electrons. The molecule has 1 saturated carbocycles. The highest BCUT2D eigenvalue weighted by Crippen LogP contribution is 2.45. The second-order valence-electron chi connectivity index (χ2n) is 6.35. The lowest BCUT2D eigenvalue weighted by Gasteiger charge is -2.50. The SMILES string of the molecule is CC(C)COC1CC(OC(=O)C(C)C)C1(C)C. The predicted molar refractivity (Wildman–Crippen MR) is 67.7 cm³/mol. The molecule has 0 bridgehead atoms. The quantitative estimate of drug-likeness (QED) is 0.695. The van der Waals surface area contributed by atoms with Crippen molar-refractivity contribution in [1.82, 2.24) is 0 Å². The first-order chi connectivity index (χ1) is 7.75. The Hall–Kier alpha value is -0.570. The average Bonchev–Trinajstić information content (AvgIpc) is 2.21. The fourth-order valence-corrected chi connectivity index (χ4v) is 1.92. The Kier molecular flexibility index (Phi) is 4.59. The Labute approximate surface area is 105 Å². The summed E-state index contributed by atoms with van der Waals surface area (Å²) in [5.41, 5.74) is -0.0561. The van der Waals surface area contributed by atoms with Crippen LogP contribution in [0.1, 0.15) is 48.0 Å². The van der Waals surface area contributed by atoms with Crippen molar-refractivity contribution in [2.45, 2.75) is 60.2 Å². The third kappa shape index (κ3) is 3.44. The van der Waals surface area contributed by atoms with Crippen molar-refractivity contribution in [2.24, 2.45) is 17.3 Å². The van der Waals surface area contributed by atoms with Crippen molar-refractivity contribution >= 4 is 5.97 Å². The maximum Gasteiger partial charge on any atom is 0.308 e. The zero-order chi connectivity index (χ0) is 13.2. The molecule has 2 atom stereocenters. The summed E-state index contributed by atoms with van der Waals surface area (Å²) in [5, 5.41) is 0. The lowest BCUT2D eigenvalue weighted by Crippen LogP contribution is -2.56. The fourth-order valence-electron chi connectivity index (χ4n) is 1.92. The smallest absolute Gasteiger partial charge is 0.308 e. The topological polar surface area (TPSA) is 35.5 Å². The zero-order valence-electron chi connectivity index (χ0n) is 11.9. The lowest BCUT2D eigenvalue weighted by atomic mass is 9.66. The van der Waals surface area contributed by atoms with Gasteiger partial charge in [0, 0.05) is 18.4 Å². The van der Waals surface area contributed by atoms with Crippen molar-refractivity contribution < 1.29 is 14.3 Å². The first kappa shape index (κ1) is 14.5. The summed E-state index contributed by atoms with van der Waals surface area (Å²) >= 11 is 0. The maximum atomic E-state index is 11.5. The number of hydrogen-bond acceptors (Lipinski definition) is 3. The second-order valence-corrected chi connectivity index (χ2v) is 6.35. The molecule has 0 saturated heterocycles. The van der Waals surface area contributed by atoms with Crippen LogP contribution in [0.15, 0.2) is 0 Å². The van der Waals surface area contributed by atoms with Crippen molar-refractivity contribution in [3.05, 3.63) is 0 Å². The van der Waals surface area contributed by atoms with Gasteiger partial charge in [0.15, 0.2) is 0 Å². The van der Waals surface area contributed by atoms with Crippen LogP contribution in [0.3, 0.4) is 0 Å². The van der Waals surface area contributed by atoms with E-state index in [1.165, 1.54) is 0 Å². The van der Waals surface area contributed by atoms with Crippen LogP contribution in [0, 0.1) is 17.3 Å². The summed E-state index contributed by atoms with van der Waals surface area (Å²) in [6, 6.07) is 0. The van der Waals surface area contributed by atoms with Crippen molar-refractivity contribution in [3.63, 3.8) is 0 Å². The van der Waals surface area contributed by atoms with Gasteiger partial charge in [-0.05, 0) is 5.92 Å². The molecule has 0 spiro atoms. The molecule has 1 aliphatic carbocycles. The normalized spacial score (nSPS) is 27.1. The van der Waals surface area contributed by atoms with E-state index in [9.17, 15) is 4.79 Å². The Morgan fingerprint density at radius 1 is 1.24 bits per heavy atom. The molecule has 1 rings (SSSR count). The van der Waals surface area contributed by atoms with E-state index in [1.54, 1.807) is 0 Å². The zero-order valence-corrected chi connectivity index (χ0v) is 11.9. The molecule has 0 heterocycles. The minimum atomic E-state index is -0.106. The van der Waals surface area contributed by atoms with Gasteiger partial charge in [-0.1, -0.05) is 41.5 Å². The number of carbonyl (C=O) groups excluding carboxylic acids is 1. The van der Waals surface area contributed by atoms with Crippen LogP contribution in [0.5, 0.6) is 0 Å². The van der Waals surface area contributed by atoms with Crippen LogP contribution in [0.25, 0.3) is 0 Å². The van der Waals surface area contributed by atoms with Crippen molar-refractivity contribution in [1.29, 1.82) is 0 Å². The first-order valence-corrected chi connectivity index (χ1v) is 6.57. The van der Waals surface area contributed by atoms with Crippen LogP contribution in [0.2, 0.25) is 0 Å². The summed E-state index contributed by atoms with van der Waals surface area (Å²) in [5.74, 6) is 0.384. The molecule has 3 nitrogen and oxygen atoms in total. The number of rotatable bonds is 5. The van der Waals surface area contributed by atoms with Crippen LogP contribution in [-0.2, 0) is 14.3 Å². The van der Waals surface area contributed by atoms with E-state index in [2.05, 4.69) is 27.7 Å². The molecular formula is C14H26O3. The molecule has 0 amide bonds. The van der Waals surface area contributed by atoms with Crippen LogP contribution < -0.4 is 0 Å². The van der Waals surface area contributed by atoms with E-state index in [4.69, 9.17) is 9.47 Å². The van der Waals surface area contributed by atoms with Crippen LogP contribution >= 0.6 is 0 Å². The Balaban J connectivity index is 2.41. The third-order valence-electron chi connectivity index (χ3n) is 3.45. The van der Waals surface area contributed by atoms with Gasteiger partial charge in [-0.15, -0.1) is 0 Å². The lowest BCUT2D eigenvalue weighted by molar-refractivity contribution is -0.207. The van der Waals surface area contributed by atoms with Gasteiger partial charge in [0.1, 0.15) is 6.10 Å². The largest absolute Gasteiger partial charge is 0.461 e. The molecule has 0 aromatic rings. The predicted octanol–water partition coefficient (Wildman–Crippen LogP) is 3.03. The summed E-state index contributed by atoms with van der Waals surface area (Å²) in [6.07, 6.45) is 1.06. The molecule has 0 aliphatic heterocycles. The van der Waals surface area contributed by atoms with Gasteiger partial charge >= 0.3 is 5.97 Å². The minimum Gasteiger partial charge on any atom is -0.461 e. The van der Waals surface area contributed by atoms with Gasteiger partial charge in [0.05, 0.1) is 12.0 Å². The number of hydrogen-bond donors (Lipinski definition) is 0. The molecular weight excluding hydrogens is 216 g/mol. The Morgan fingerprint density at radius 2 is 1.82 bits per heavy atom.